The van der Waals surface area contributed by atoms with Crippen LogP contribution in [-0.4, -0.2) is 32.2 Å². The molecule has 0 fully saturated rings. The minimum Gasteiger partial charge on any atom is -0.465 e. The van der Waals surface area contributed by atoms with Crippen molar-refractivity contribution in [2.75, 3.05) is 6.54 Å². The number of benzene rings is 1. The predicted molar refractivity (Wildman–Crippen MR) is 84.2 cm³/mol. The molecular weight excluding hydrogens is 354 g/mol. The van der Waals surface area contributed by atoms with Crippen molar-refractivity contribution in [1.82, 2.24) is 14.5 Å². The first-order valence-electron chi connectivity index (χ1n) is 8.05. The number of hydrogen-bond donors (Lipinski definition) is 1. The summed E-state index contributed by atoms with van der Waals surface area (Å²) in [6.07, 6.45) is -3.63. The molecule has 9 heteroatoms. The third kappa shape index (κ3) is 3.38. The Morgan fingerprint density at radius 3 is 2.69 bits per heavy atom. The van der Waals surface area contributed by atoms with Crippen LogP contribution in [0.5, 0.6) is 0 Å². The summed E-state index contributed by atoms with van der Waals surface area (Å²) in [5, 5.41) is 9.42. The minimum absolute atomic E-state index is 0.244. The van der Waals surface area contributed by atoms with Crippen LogP contribution in [0.1, 0.15) is 35.1 Å². The molecule has 1 atom stereocenters. The van der Waals surface area contributed by atoms with Gasteiger partial charge in [-0.3, -0.25) is 4.90 Å². The van der Waals surface area contributed by atoms with Gasteiger partial charge in [0.25, 0.3) is 0 Å². The highest BCUT2D eigenvalue weighted by molar-refractivity contribution is 5.66. The molecule has 0 saturated carbocycles. The zero-order chi connectivity index (χ0) is 19.1. The number of carboxylic acid groups (broad SMARTS) is 1. The van der Waals surface area contributed by atoms with Crippen molar-refractivity contribution < 1.29 is 27.5 Å². The Kier molecular flexibility index (Phi) is 4.64. The van der Waals surface area contributed by atoms with Crippen LogP contribution >= 0.6 is 0 Å². The maximum absolute atomic E-state index is 13.7. The highest BCUT2D eigenvalue weighted by Gasteiger charge is 2.34. The molecule has 2 aromatic rings. The van der Waals surface area contributed by atoms with Gasteiger partial charge in [0.1, 0.15) is 11.6 Å². The summed E-state index contributed by atoms with van der Waals surface area (Å²) in [4.78, 5) is 17.0. The number of imidazole rings is 1. The van der Waals surface area contributed by atoms with Gasteiger partial charge in [-0.25, -0.2) is 14.2 Å². The van der Waals surface area contributed by atoms with Gasteiger partial charge in [0.15, 0.2) is 0 Å². The van der Waals surface area contributed by atoms with Crippen molar-refractivity contribution in [1.29, 1.82) is 0 Å². The molecule has 26 heavy (non-hydrogen) atoms. The lowest BCUT2D eigenvalue weighted by atomic mass is 9.99. The maximum atomic E-state index is 13.7. The van der Waals surface area contributed by atoms with Crippen molar-refractivity contribution in [3.8, 4) is 0 Å². The van der Waals surface area contributed by atoms with Crippen LogP contribution < -0.4 is 0 Å². The highest BCUT2D eigenvalue weighted by atomic mass is 19.4. The second kappa shape index (κ2) is 6.62. The second-order valence-corrected chi connectivity index (χ2v) is 6.22. The van der Waals surface area contributed by atoms with Gasteiger partial charge >= 0.3 is 12.3 Å². The molecule has 0 bridgehead atoms. The molecule has 0 aliphatic carbocycles. The lowest BCUT2D eigenvalue weighted by Gasteiger charge is -2.35. The van der Waals surface area contributed by atoms with E-state index in [1.165, 1.54) is 11.0 Å². The average molecular weight is 371 g/mol. The Labute approximate surface area is 146 Å². The van der Waals surface area contributed by atoms with Crippen LogP contribution in [0.25, 0.3) is 0 Å². The summed E-state index contributed by atoms with van der Waals surface area (Å²) >= 11 is 0. The summed E-state index contributed by atoms with van der Waals surface area (Å²) in [7, 11) is 0. The van der Waals surface area contributed by atoms with Gasteiger partial charge in [0, 0.05) is 13.1 Å². The van der Waals surface area contributed by atoms with E-state index in [1.54, 1.807) is 6.20 Å². The SMILES string of the molecule is Cc1ncc2n1CCN(C(=O)O)C2CCc1ccc(C(F)(F)F)c(F)c1. The van der Waals surface area contributed by atoms with Gasteiger partial charge in [-0.2, -0.15) is 13.2 Å². The Bertz CT molecular complexity index is 832. The molecule has 1 aliphatic heterocycles. The zero-order valence-corrected chi connectivity index (χ0v) is 13.9. The number of amides is 1. The monoisotopic (exact) mass is 371 g/mol. The Hall–Kier alpha value is -2.58. The first-order valence-corrected chi connectivity index (χ1v) is 8.05. The van der Waals surface area contributed by atoms with E-state index < -0.39 is 29.7 Å². The number of aryl methyl sites for hydroxylation is 2. The second-order valence-electron chi connectivity index (χ2n) is 6.22. The van der Waals surface area contributed by atoms with Gasteiger partial charge in [-0.15, -0.1) is 0 Å². The van der Waals surface area contributed by atoms with Crippen molar-refractivity contribution >= 4 is 6.09 Å². The Morgan fingerprint density at radius 2 is 2.08 bits per heavy atom. The number of rotatable bonds is 3. The number of halogens is 4. The van der Waals surface area contributed by atoms with E-state index in [9.17, 15) is 27.5 Å². The maximum Gasteiger partial charge on any atom is 0.419 e. The molecule has 3 rings (SSSR count). The first kappa shape index (κ1) is 18.2. The van der Waals surface area contributed by atoms with Gasteiger partial charge in [0.05, 0.1) is 23.5 Å². The molecule has 140 valence electrons. The van der Waals surface area contributed by atoms with E-state index >= 15 is 0 Å². The van der Waals surface area contributed by atoms with Crippen LogP contribution in [0.15, 0.2) is 24.4 Å². The molecule has 0 saturated heterocycles. The molecule has 1 amide bonds. The standard InChI is InChI=1S/C17H17F4N3O2/c1-10-22-9-15-14(24(16(25)26)7-6-23(10)15)5-3-11-2-4-12(13(18)8-11)17(19,20)21/h2,4,8-9,14H,3,5-7H2,1H3,(H,25,26). The van der Waals surface area contributed by atoms with Crippen LogP contribution in [0.3, 0.4) is 0 Å². The van der Waals surface area contributed by atoms with Gasteiger partial charge in [-0.05, 0) is 37.5 Å². The first-order chi connectivity index (χ1) is 12.2. The minimum atomic E-state index is -4.74. The Balaban J connectivity index is 1.81. The van der Waals surface area contributed by atoms with Crippen LogP contribution in [0.4, 0.5) is 22.4 Å². The van der Waals surface area contributed by atoms with Crippen molar-refractivity contribution in [3.63, 3.8) is 0 Å². The number of aromatic nitrogens is 2. The number of carbonyl (C=O) groups is 1. The molecule has 1 aromatic carbocycles. The number of fused-ring (bicyclic) bond motifs is 1. The van der Waals surface area contributed by atoms with Gasteiger partial charge in [0.2, 0.25) is 0 Å². The summed E-state index contributed by atoms with van der Waals surface area (Å²) < 4.78 is 53.6. The van der Waals surface area contributed by atoms with E-state index in [4.69, 9.17) is 0 Å². The molecule has 5 nitrogen and oxygen atoms in total. The van der Waals surface area contributed by atoms with E-state index in [1.807, 2.05) is 11.5 Å². The molecule has 2 heterocycles. The van der Waals surface area contributed by atoms with Crippen molar-refractivity contribution in [2.24, 2.45) is 0 Å². The van der Waals surface area contributed by atoms with E-state index in [-0.39, 0.29) is 6.42 Å². The smallest absolute Gasteiger partial charge is 0.419 e. The van der Waals surface area contributed by atoms with E-state index in [2.05, 4.69) is 4.98 Å². The fraction of sp³-hybridized carbons (Fsp3) is 0.412. The molecule has 0 spiro atoms. The molecule has 1 aliphatic rings. The lowest BCUT2D eigenvalue weighted by molar-refractivity contribution is -0.140. The van der Waals surface area contributed by atoms with Crippen molar-refractivity contribution in [3.05, 3.63) is 52.9 Å². The number of nitrogens with zero attached hydrogens (tertiary/aromatic N) is 3. The summed E-state index contributed by atoms with van der Waals surface area (Å²) in [6, 6.07) is 2.32. The molecule has 1 unspecified atom stereocenters. The summed E-state index contributed by atoms with van der Waals surface area (Å²) in [6.45, 7) is 2.62. The van der Waals surface area contributed by atoms with E-state index in [0.717, 1.165) is 23.7 Å². The van der Waals surface area contributed by atoms with Crippen molar-refractivity contribution in [2.45, 2.75) is 38.5 Å². The fourth-order valence-electron chi connectivity index (χ4n) is 3.35. The third-order valence-electron chi connectivity index (χ3n) is 4.66. The normalized spacial score (nSPS) is 17.3. The van der Waals surface area contributed by atoms with Gasteiger partial charge < -0.3 is 9.67 Å². The highest BCUT2D eigenvalue weighted by Crippen LogP contribution is 2.33. The number of hydrogen-bond acceptors (Lipinski definition) is 2. The van der Waals surface area contributed by atoms with Crippen LogP contribution in [0, 0.1) is 12.7 Å². The molecular formula is C17H17F4N3O2. The van der Waals surface area contributed by atoms with E-state index in [0.29, 0.717) is 25.1 Å². The topological polar surface area (TPSA) is 58.4 Å². The molecule has 1 aromatic heterocycles. The molecule has 1 N–H and O–H groups in total. The number of alkyl halides is 3. The third-order valence-corrected chi connectivity index (χ3v) is 4.66. The molecule has 0 radical (unpaired) electrons. The summed E-state index contributed by atoms with van der Waals surface area (Å²) in [5.74, 6) is -0.551. The van der Waals surface area contributed by atoms with Crippen LogP contribution in [-0.2, 0) is 19.1 Å². The largest absolute Gasteiger partial charge is 0.465 e. The Morgan fingerprint density at radius 1 is 1.35 bits per heavy atom. The average Bonchev–Trinajstić information content (AvgIpc) is 2.93. The predicted octanol–water partition coefficient (Wildman–Crippen LogP) is 4.02. The quantitative estimate of drug-likeness (QED) is 0.830. The zero-order valence-electron chi connectivity index (χ0n) is 13.9. The lowest BCUT2D eigenvalue weighted by Crippen LogP contribution is -2.41. The van der Waals surface area contributed by atoms with Gasteiger partial charge in [-0.1, -0.05) is 6.07 Å². The fourth-order valence-corrected chi connectivity index (χ4v) is 3.35. The van der Waals surface area contributed by atoms with Crippen LogP contribution in [0.2, 0.25) is 0 Å². The summed E-state index contributed by atoms with van der Waals surface area (Å²) in [5.41, 5.74) is -0.183.